The third-order valence-electron chi connectivity index (χ3n) is 4.61. The Labute approximate surface area is 201 Å². The summed E-state index contributed by atoms with van der Waals surface area (Å²) in [6.45, 7) is 7.60. The monoisotopic (exact) mass is 534 g/mol. The third kappa shape index (κ3) is 7.23. The zero-order chi connectivity index (χ0) is 21.3. The van der Waals surface area contributed by atoms with Crippen LogP contribution in [0, 0.1) is 5.92 Å². The maximum Gasteiger partial charge on any atom is 0.191 e. The summed E-state index contributed by atoms with van der Waals surface area (Å²) in [7, 11) is 1.76. The zero-order valence-electron chi connectivity index (χ0n) is 18.4. The van der Waals surface area contributed by atoms with Crippen molar-refractivity contribution in [3.8, 4) is 11.4 Å². The van der Waals surface area contributed by atoms with E-state index < -0.39 is 0 Å². The smallest absolute Gasteiger partial charge is 0.191 e. The van der Waals surface area contributed by atoms with Crippen LogP contribution >= 0.6 is 24.0 Å². The summed E-state index contributed by atoms with van der Waals surface area (Å²) >= 11 is 0. The lowest BCUT2D eigenvalue weighted by atomic mass is 10.1. The minimum absolute atomic E-state index is 0. The lowest BCUT2D eigenvalue weighted by Gasteiger charge is -2.19. The second-order valence-electron chi connectivity index (χ2n) is 7.52. The van der Waals surface area contributed by atoms with Crippen LogP contribution in [0.5, 0.6) is 5.75 Å². The summed E-state index contributed by atoms with van der Waals surface area (Å²) < 4.78 is 7.72. The van der Waals surface area contributed by atoms with Gasteiger partial charge in [-0.2, -0.15) is 0 Å². The quantitative estimate of drug-likeness (QED) is 0.256. The molecule has 31 heavy (non-hydrogen) atoms. The molecule has 0 saturated carbocycles. The molecule has 8 heteroatoms. The average Bonchev–Trinajstić information content (AvgIpc) is 3.24. The lowest BCUT2D eigenvalue weighted by Crippen LogP contribution is -2.38. The number of guanidine groups is 1. The fourth-order valence-electron chi connectivity index (χ4n) is 2.95. The predicted octanol–water partition coefficient (Wildman–Crippen LogP) is 4.35. The Morgan fingerprint density at radius 2 is 1.77 bits per heavy atom. The van der Waals surface area contributed by atoms with Gasteiger partial charge in [0.15, 0.2) is 11.8 Å². The Hall–Kier alpha value is -2.62. The molecule has 0 spiro atoms. The molecule has 0 aliphatic rings. The number of benzene rings is 2. The van der Waals surface area contributed by atoms with E-state index in [4.69, 9.17) is 4.74 Å². The molecule has 0 aliphatic heterocycles. The third-order valence-corrected chi connectivity index (χ3v) is 4.61. The van der Waals surface area contributed by atoms with Crippen molar-refractivity contribution in [3.63, 3.8) is 0 Å². The number of hydrogen-bond acceptors (Lipinski definition) is 4. The van der Waals surface area contributed by atoms with Gasteiger partial charge < -0.3 is 15.4 Å². The van der Waals surface area contributed by atoms with Crippen LogP contribution in [0.1, 0.15) is 38.2 Å². The number of nitrogens with zero attached hydrogens (tertiary/aromatic N) is 4. The fourth-order valence-corrected chi connectivity index (χ4v) is 2.95. The van der Waals surface area contributed by atoms with Gasteiger partial charge in [-0.15, -0.1) is 34.2 Å². The van der Waals surface area contributed by atoms with E-state index in [0.29, 0.717) is 18.4 Å². The molecule has 0 aliphatic carbocycles. The minimum atomic E-state index is 0. The molecule has 0 fully saturated rings. The topological polar surface area (TPSA) is 76.4 Å². The molecule has 0 amide bonds. The van der Waals surface area contributed by atoms with Gasteiger partial charge in [0.1, 0.15) is 12.1 Å². The van der Waals surface area contributed by atoms with E-state index >= 15 is 0 Å². The summed E-state index contributed by atoms with van der Waals surface area (Å²) in [4.78, 5) is 4.33. The van der Waals surface area contributed by atoms with Gasteiger partial charge in [0.05, 0.1) is 19.2 Å². The molecule has 1 heterocycles. The van der Waals surface area contributed by atoms with E-state index in [1.165, 1.54) is 0 Å². The lowest BCUT2D eigenvalue weighted by molar-refractivity contribution is 0.271. The molecule has 1 atom stereocenters. The molecule has 0 radical (unpaired) electrons. The van der Waals surface area contributed by atoms with E-state index in [9.17, 15) is 0 Å². The van der Waals surface area contributed by atoms with Gasteiger partial charge in [-0.05, 0) is 42.7 Å². The summed E-state index contributed by atoms with van der Waals surface area (Å²) in [5.74, 6) is 2.91. The van der Waals surface area contributed by atoms with Gasteiger partial charge in [0, 0.05) is 12.7 Å². The van der Waals surface area contributed by atoms with E-state index in [2.05, 4.69) is 58.7 Å². The average molecular weight is 534 g/mol. The highest BCUT2D eigenvalue weighted by molar-refractivity contribution is 14.0. The second-order valence-corrected chi connectivity index (χ2v) is 7.52. The number of aromatic nitrogens is 3. The molecule has 3 aromatic rings. The van der Waals surface area contributed by atoms with Gasteiger partial charge >= 0.3 is 0 Å². The van der Waals surface area contributed by atoms with Crippen LogP contribution in [-0.2, 0) is 6.54 Å². The molecule has 2 aromatic carbocycles. The minimum Gasteiger partial charge on any atom is -0.493 e. The molecular weight excluding hydrogens is 503 g/mol. The Bertz CT molecular complexity index is 940. The first kappa shape index (κ1) is 24.6. The molecule has 1 unspecified atom stereocenters. The van der Waals surface area contributed by atoms with Crippen LogP contribution in [0.25, 0.3) is 5.69 Å². The van der Waals surface area contributed by atoms with Crippen molar-refractivity contribution in [2.24, 2.45) is 10.9 Å². The number of ether oxygens (including phenoxy) is 1. The van der Waals surface area contributed by atoms with E-state index in [-0.39, 0.29) is 30.0 Å². The molecule has 3 rings (SSSR count). The van der Waals surface area contributed by atoms with E-state index in [0.717, 1.165) is 29.4 Å². The van der Waals surface area contributed by atoms with Crippen molar-refractivity contribution >= 4 is 29.9 Å². The molecule has 7 nitrogen and oxygen atoms in total. The zero-order valence-corrected chi connectivity index (χ0v) is 20.8. The van der Waals surface area contributed by atoms with Gasteiger partial charge in [0.25, 0.3) is 0 Å². The van der Waals surface area contributed by atoms with Crippen molar-refractivity contribution in [1.82, 2.24) is 25.4 Å². The molecule has 0 bridgehead atoms. The molecular formula is C23H31IN6O. The number of para-hydroxylation sites is 1. The molecule has 2 N–H and O–H groups in total. The maximum absolute atomic E-state index is 5.76. The van der Waals surface area contributed by atoms with Crippen molar-refractivity contribution < 1.29 is 4.74 Å². The van der Waals surface area contributed by atoms with Gasteiger partial charge in [-0.3, -0.25) is 9.56 Å². The normalized spacial score (nSPS) is 12.2. The summed E-state index contributed by atoms with van der Waals surface area (Å²) in [5.41, 5.74) is 2.18. The number of nitrogens with one attached hydrogen (secondary N) is 2. The van der Waals surface area contributed by atoms with Gasteiger partial charge in [-0.1, -0.05) is 44.2 Å². The number of halogens is 1. The Morgan fingerprint density at radius 1 is 1.06 bits per heavy atom. The summed E-state index contributed by atoms with van der Waals surface area (Å²) in [6, 6.07) is 18.3. The number of aliphatic imine (C=N–C) groups is 1. The first-order chi connectivity index (χ1) is 14.6. The van der Waals surface area contributed by atoms with Crippen LogP contribution in [0.15, 0.2) is 65.9 Å². The highest BCUT2D eigenvalue weighted by Crippen LogP contribution is 2.18. The van der Waals surface area contributed by atoms with Crippen LogP contribution < -0.4 is 15.4 Å². The van der Waals surface area contributed by atoms with Crippen LogP contribution in [0.4, 0.5) is 0 Å². The van der Waals surface area contributed by atoms with Gasteiger partial charge in [0.2, 0.25) is 0 Å². The fraction of sp³-hybridized carbons (Fsp3) is 0.348. The van der Waals surface area contributed by atoms with E-state index in [1.807, 2.05) is 47.0 Å². The first-order valence-electron chi connectivity index (χ1n) is 10.2. The summed E-state index contributed by atoms with van der Waals surface area (Å²) in [6.07, 6.45) is 1.72. The molecule has 0 saturated heterocycles. The highest BCUT2D eigenvalue weighted by atomic mass is 127. The van der Waals surface area contributed by atoms with Crippen LogP contribution in [-0.4, -0.2) is 34.4 Å². The van der Waals surface area contributed by atoms with Crippen LogP contribution in [0.3, 0.4) is 0 Å². The largest absolute Gasteiger partial charge is 0.493 e. The number of hydrogen-bond donors (Lipinski definition) is 2. The SMILES string of the molecule is CN=C(NCc1nncn1-c1ccccc1)NC(C)c1ccc(OCC(C)C)cc1.I. The van der Waals surface area contributed by atoms with Crippen LogP contribution in [0.2, 0.25) is 0 Å². The van der Waals surface area contributed by atoms with E-state index in [1.54, 1.807) is 13.4 Å². The molecule has 1 aromatic heterocycles. The van der Waals surface area contributed by atoms with Gasteiger partial charge in [-0.25, -0.2) is 0 Å². The molecule has 166 valence electrons. The van der Waals surface area contributed by atoms with Crippen molar-refractivity contribution in [2.75, 3.05) is 13.7 Å². The Morgan fingerprint density at radius 3 is 2.42 bits per heavy atom. The first-order valence-corrected chi connectivity index (χ1v) is 10.2. The Kier molecular flexibility index (Phi) is 9.77. The summed E-state index contributed by atoms with van der Waals surface area (Å²) in [5, 5.41) is 15.0. The Balaban J connectivity index is 0.00000341. The van der Waals surface area contributed by atoms with Crippen molar-refractivity contribution in [1.29, 1.82) is 0 Å². The van der Waals surface area contributed by atoms with Crippen molar-refractivity contribution in [2.45, 2.75) is 33.4 Å². The standard InChI is InChI=1S/C23H30N6O.HI/c1-17(2)15-30-21-12-10-19(11-13-21)18(3)27-23(24-4)25-14-22-28-26-16-29(22)20-8-6-5-7-9-20;/h5-13,16-18H,14-15H2,1-4H3,(H2,24,25,27);1H. The number of rotatable bonds is 8. The predicted molar refractivity (Wildman–Crippen MR) is 135 cm³/mol. The van der Waals surface area contributed by atoms with Crippen molar-refractivity contribution in [3.05, 3.63) is 72.3 Å². The maximum atomic E-state index is 5.76. The second kappa shape index (κ2) is 12.3. The highest BCUT2D eigenvalue weighted by Gasteiger charge is 2.11.